The van der Waals surface area contributed by atoms with Crippen molar-refractivity contribution in [3.63, 3.8) is 0 Å². The number of carbonyl (C=O) groups excluding carboxylic acids is 2. The van der Waals surface area contributed by atoms with Crippen LogP contribution in [0.5, 0.6) is 0 Å². The lowest BCUT2D eigenvalue weighted by Crippen LogP contribution is -2.61. The van der Waals surface area contributed by atoms with Gasteiger partial charge in [-0.15, -0.1) is 0 Å². The first kappa shape index (κ1) is 24.7. The molecule has 0 N–H and O–H groups in total. The highest BCUT2D eigenvalue weighted by atomic mass is 32.2. The molecular weight excluding hydrogens is 394 g/mol. The minimum absolute atomic E-state index is 0.0397. The van der Waals surface area contributed by atoms with Gasteiger partial charge in [0.1, 0.15) is 5.60 Å². The lowest BCUT2D eigenvalue weighted by Gasteiger charge is -2.38. The molecule has 0 aromatic heterocycles. The number of aryl methyl sites for hydroxylation is 1. The third-order valence-electron chi connectivity index (χ3n) is 4.21. The molecular formula is C21H31NO6S. The van der Waals surface area contributed by atoms with Gasteiger partial charge >= 0.3 is 12.1 Å². The summed E-state index contributed by atoms with van der Waals surface area (Å²) in [5, 5.41) is 0. The van der Waals surface area contributed by atoms with E-state index in [9.17, 15) is 18.0 Å². The molecule has 0 aliphatic heterocycles. The van der Waals surface area contributed by atoms with Crippen molar-refractivity contribution < 1.29 is 27.5 Å². The highest BCUT2D eigenvalue weighted by Gasteiger charge is 2.57. The second kappa shape index (κ2) is 9.43. The third-order valence-corrected chi connectivity index (χ3v) is 6.60. The summed E-state index contributed by atoms with van der Waals surface area (Å²) in [5.74, 6) is -1.04. The summed E-state index contributed by atoms with van der Waals surface area (Å²) in [6, 6.07) is 6.09. The number of ether oxygens (including phenoxy) is 2. The van der Waals surface area contributed by atoms with Crippen LogP contribution in [0, 0.1) is 6.92 Å². The fourth-order valence-electron chi connectivity index (χ4n) is 2.67. The third kappa shape index (κ3) is 5.38. The highest BCUT2D eigenvalue weighted by Crippen LogP contribution is 2.35. The fourth-order valence-corrected chi connectivity index (χ4v) is 4.58. The molecule has 0 saturated carbocycles. The van der Waals surface area contributed by atoms with E-state index >= 15 is 0 Å². The second-order valence-corrected chi connectivity index (χ2v) is 9.79. The van der Waals surface area contributed by atoms with Gasteiger partial charge in [0.15, 0.2) is 0 Å². The summed E-state index contributed by atoms with van der Waals surface area (Å²) in [6.45, 7) is 10.0. The molecule has 7 nitrogen and oxygen atoms in total. The van der Waals surface area contributed by atoms with Crippen LogP contribution in [0.2, 0.25) is 0 Å². The zero-order valence-corrected chi connectivity index (χ0v) is 19.0. The van der Waals surface area contributed by atoms with Crippen LogP contribution < -0.4 is 0 Å². The van der Waals surface area contributed by atoms with Gasteiger partial charge in [0.2, 0.25) is 9.84 Å². The van der Waals surface area contributed by atoms with Crippen molar-refractivity contribution in [3.05, 3.63) is 42.0 Å². The van der Waals surface area contributed by atoms with E-state index in [1.54, 1.807) is 52.8 Å². The van der Waals surface area contributed by atoms with E-state index in [1.807, 2.05) is 6.92 Å². The zero-order valence-electron chi connectivity index (χ0n) is 18.2. The molecule has 1 unspecified atom stereocenters. The van der Waals surface area contributed by atoms with Gasteiger partial charge in [-0.25, -0.2) is 18.0 Å². The van der Waals surface area contributed by atoms with Crippen LogP contribution in [0.3, 0.4) is 0 Å². The normalized spacial score (nSPS) is 14.3. The number of hydrogen-bond acceptors (Lipinski definition) is 6. The molecule has 162 valence electrons. The Kier molecular flexibility index (Phi) is 8.03. The van der Waals surface area contributed by atoms with Crippen molar-refractivity contribution >= 4 is 21.9 Å². The first-order valence-corrected chi connectivity index (χ1v) is 10.9. The maximum absolute atomic E-state index is 13.7. The van der Waals surface area contributed by atoms with E-state index in [0.717, 1.165) is 10.5 Å². The van der Waals surface area contributed by atoms with Crippen molar-refractivity contribution in [1.82, 2.24) is 4.90 Å². The van der Waals surface area contributed by atoms with Crippen LogP contribution in [-0.2, 0) is 24.1 Å². The van der Waals surface area contributed by atoms with Gasteiger partial charge in [-0.1, -0.05) is 29.8 Å². The summed E-state index contributed by atoms with van der Waals surface area (Å²) < 4.78 is 37.9. The molecule has 1 aromatic rings. The van der Waals surface area contributed by atoms with Crippen LogP contribution in [0.25, 0.3) is 0 Å². The van der Waals surface area contributed by atoms with Gasteiger partial charge in [0, 0.05) is 13.5 Å². The van der Waals surface area contributed by atoms with E-state index in [2.05, 4.69) is 0 Å². The minimum Gasteiger partial charge on any atom is -0.463 e. The summed E-state index contributed by atoms with van der Waals surface area (Å²) in [6.07, 6.45) is 1.91. The number of amides is 1. The topological polar surface area (TPSA) is 90.0 Å². The monoisotopic (exact) mass is 425 g/mol. The Morgan fingerprint density at radius 2 is 1.69 bits per heavy atom. The number of allylic oxidation sites excluding steroid dienone is 1. The predicted octanol–water partition coefficient (Wildman–Crippen LogP) is 3.86. The Morgan fingerprint density at radius 3 is 2.14 bits per heavy atom. The van der Waals surface area contributed by atoms with Crippen LogP contribution in [0.4, 0.5) is 4.79 Å². The van der Waals surface area contributed by atoms with Gasteiger partial charge < -0.3 is 9.47 Å². The van der Waals surface area contributed by atoms with Gasteiger partial charge in [-0.05, 0) is 53.7 Å². The summed E-state index contributed by atoms with van der Waals surface area (Å²) in [7, 11) is -3.14. The summed E-state index contributed by atoms with van der Waals surface area (Å²) >= 11 is 0. The number of hydrogen-bond donors (Lipinski definition) is 0. The molecule has 1 rings (SSSR count). The molecule has 0 radical (unpaired) electrons. The van der Waals surface area contributed by atoms with Crippen molar-refractivity contribution in [2.45, 2.75) is 63.3 Å². The average molecular weight is 426 g/mol. The van der Waals surface area contributed by atoms with Crippen LogP contribution in [0.15, 0.2) is 41.3 Å². The van der Waals surface area contributed by atoms with Gasteiger partial charge in [0.05, 0.1) is 11.5 Å². The maximum atomic E-state index is 13.7. The molecule has 8 heteroatoms. The number of esters is 1. The molecule has 29 heavy (non-hydrogen) atoms. The number of nitrogens with zero attached hydrogens (tertiary/aromatic N) is 1. The fraction of sp³-hybridized carbons (Fsp3) is 0.524. The van der Waals surface area contributed by atoms with E-state index in [-0.39, 0.29) is 17.9 Å². The molecule has 0 spiro atoms. The standard InChI is InChI=1S/C21H31NO6S/c1-8-10-15-21(18(23)27-9-2,22(7)19(24)28-20(4,5)6)29(25,26)17-13-11-16(3)12-14-17/h8,10-14H,9,15H2,1-7H3/b10-8+. The minimum atomic E-state index is -4.37. The smallest absolute Gasteiger partial charge is 0.411 e. The van der Waals surface area contributed by atoms with E-state index in [1.165, 1.54) is 25.3 Å². The number of carbonyl (C=O) groups is 2. The van der Waals surface area contributed by atoms with E-state index < -0.39 is 32.4 Å². The highest BCUT2D eigenvalue weighted by molar-refractivity contribution is 7.93. The molecule has 0 aliphatic carbocycles. The SMILES string of the molecule is C/C=C/CC(C(=O)OCC)(N(C)C(=O)OC(C)(C)C)S(=O)(=O)c1ccc(C)cc1. The Balaban J connectivity index is 3.75. The van der Waals surface area contributed by atoms with Gasteiger partial charge in [-0.2, -0.15) is 0 Å². The Bertz CT molecular complexity index is 852. The number of rotatable bonds is 7. The van der Waals surface area contributed by atoms with Crippen LogP contribution >= 0.6 is 0 Å². The Hall–Kier alpha value is -2.35. The average Bonchev–Trinajstić information content (AvgIpc) is 2.61. The molecule has 0 fully saturated rings. The molecule has 0 saturated heterocycles. The van der Waals surface area contributed by atoms with E-state index in [0.29, 0.717) is 0 Å². The summed E-state index contributed by atoms with van der Waals surface area (Å²) in [5.41, 5.74) is -0.0143. The second-order valence-electron chi connectivity index (χ2n) is 7.63. The van der Waals surface area contributed by atoms with Gasteiger partial charge in [0.25, 0.3) is 4.87 Å². The predicted molar refractivity (Wildman–Crippen MR) is 111 cm³/mol. The van der Waals surface area contributed by atoms with Crippen molar-refractivity contribution in [3.8, 4) is 0 Å². The number of sulfone groups is 1. The molecule has 1 aromatic carbocycles. The molecule has 0 aliphatic rings. The lowest BCUT2D eigenvalue weighted by molar-refractivity contribution is -0.151. The lowest BCUT2D eigenvalue weighted by atomic mass is 10.1. The Morgan fingerprint density at radius 1 is 1.14 bits per heavy atom. The van der Waals surface area contributed by atoms with Crippen molar-refractivity contribution in [2.24, 2.45) is 0 Å². The number of benzene rings is 1. The van der Waals surface area contributed by atoms with Crippen molar-refractivity contribution in [2.75, 3.05) is 13.7 Å². The number of likely N-dealkylation sites (N-methyl/N-ethyl adjacent to an activating group) is 1. The first-order valence-electron chi connectivity index (χ1n) is 9.40. The molecule has 0 heterocycles. The van der Waals surface area contributed by atoms with Crippen molar-refractivity contribution in [1.29, 1.82) is 0 Å². The molecule has 0 bridgehead atoms. The zero-order chi connectivity index (χ0) is 22.5. The van der Waals surface area contributed by atoms with Gasteiger partial charge in [-0.3, -0.25) is 4.90 Å². The van der Waals surface area contributed by atoms with Crippen LogP contribution in [-0.4, -0.2) is 49.5 Å². The quantitative estimate of drug-likeness (QED) is 0.487. The molecule has 1 atom stereocenters. The maximum Gasteiger partial charge on any atom is 0.411 e. The van der Waals surface area contributed by atoms with Crippen LogP contribution in [0.1, 0.15) is 46.6 Å². The molecule has 1 amide bonds. The Labute approximate surface area is 173 Å². The largest absolute Gasteiger partial charge is 0.463 e. The van der Waals surface area contributed by atoms with E-state index in [4.69, 9.17) is 9.47 Å². The first-order chi connectivity index (χ1) is 13.3. The summed E-state index contributed by atoms with van der Waals surface area (Å²) in [4.78, 5) is 24.3.